The highest BCUT2D eigenvalue weighted by atomic mass is 32.2. The Morgan fingerprint density at radius 1 is 1.15 bits per heavy atom. The van der Waals surface area contributed by atoms with Gasteiger partial charge in [0.05, 0.1) is 17.9 Å². The van der Waals surface area contributed by atoms with E-state index in [2.05, 4.69) is 25.5 Å². The maximum atomic E-state index is 11.7. The quantitative estimate of drug-likeness (QED) is 0.359. The van der Waals surface area contributed by atoms with Gasteiger partial charge in [0, 0.05) is 17.1 Å². The number of nitrogens with zero attached hydrogens (tertiary/aromatic N) is 4. The predicted octanol–water partition coefficient (Wildman–Crippen LogP) is 4.16. The lowest BCUT2D eigenvalue weighted by atomic mass is 10.2. The molecule has 0 fully saturated rings. The molecule has 9 heteroatoms. The van der Waals surface area contributed by atoms with Crippen LogP contribution in [-0.4, -0.2) is 32.7 Å². The fourth-order valence-electron chi connectivity index (χ4n) is 2.27. The van der Waals surface area contributed by atoms with Crippen LogP contribution in [0.5, 0.6) is 0 Å². The number of ether oxygens (including phenoxy) is 1. The first-order valence-corrected chi connectivity index (χ1v) is 10.2. The Kier molecular flexibility index (Phi) is 6.36. The topological polar surface area (TPSA) is 89.9 Å². The Labute approximate surface area is 165 Å². The molecule has 2 aromatic heterocycles. The molecule has 0 saturated heterocycles. The maximum Gasteiger partial charge on any atom is 0.338 e. The van der Waals surface area contributed by atoms with Gasteiger partial charge < -0.3 is 10.1 Å². The van der Waals surface area contributed by atoms with Crippen LogP contribution < -0.4 is 5.32 Å². The fourth-order valence-corrected chi connectivity index (χ4v) is 3.97. The van der Waals surface area contributed by atoms with Crippen LogP contribution in [0, 0.1) is 13.8 Å². The van der Waals surface area contributed by atoms with Crippen LogP contribution >= 0.6 is 23.1 Å². The van der Waals surface area contributed by atoms with E-state index in [0.717, 1.165) is 27.2 Å². The van der Waals surface area contributed by atoms with E-state index >= 15 is 0 Å². The van der Waals surface area contributed by atoms with E-state index < -0.39 is 0 Å². The molecular formula is C18H19N5O2S2. The molecule has 0 unspecified atom stereocenters. The van der Waals surface area contributed by atoms with Crippen molar-refractivity contribution < 1.29 is 9.53 Å². The average molecular weight is 402 g/mol. The van der Waals surface area contributed by atoms with E-state index in [1.54, 1.807) is 19.1 Å². The summed E-state index contributed by atoms with van der Waals surface area (Å²) in [7, 11) is 0. The average Bonchev–Trinajstić information content (AvgIpc) is 3.07. The van der Waals surface area contributed by atoms with Gasteiger partial charge in [0.25, 0.3) is 0 Å². The highest BCUT2D eigenvalue weighted by Gasteiger charge is 2.09. The number of aryl methyl sites for hydroxylation is 2. The lowest BCUT2D eigenvalue weighted by Gasteiger charge is -2.04. The standard InChI is InChI=1S/C18H19N5O2S2/c1-4-25-16(24)13-5-7-14(8-6-13)21-18-23-22-15(27-18)10-26-17-19-11(2)9-12(3)20-17/h5-9H,4,10H2,1-3H3,(H,21,23). The van der Waals surface area contributed by atoms with E-state index in [1.165, 1.54) is 23.1 Å². The zero-order valence-electron chi connectivity index (χ0n) is 15.2. The Morgan fingerprint density at radius 3 is 2.52 bits per heavy atom. The molecule has 3 rings (SSSR count). The molecule has 140 valence electrons. The molecule has 0 radical (unpaired) electrons. The smallest absolute Gasteiger partial charge is 0.338 e. The minimum absolute atomic E-state index is 0.326. The van der Waals surface area contributed by atoms with Gasteiger partial charge in [0.1, 0.15) is 5.01 Å². The summed E-state index contributed by atoms with van der Waals surface area (Å²) in [6.45, 7) is 6.06. The van der Waals surface area contributed by atoms with Crippen molar-refractivity contribution in [2.75, 3.05) is 11.9 Å². The molecule has 0 bridgehead atoms. The molecule has 27 heavy (non-hydrogen) atoms. The van der Waals surface area contributed by atoms with Crippen LogP contribution in [0.1, 0.15) is 33.7 Å². The van der Waals surface area contributed by atoms with Crippen LogP contribution in [0.3, 0.4) is 0 Å². The largest absolute Gasteiger partial charge is 0.462 e. The second-order valence-corrected chi connectivity index (χ2v) is 7.65. The van der Waals surface area contributed by atoms with Crippen LogP contribution in [0.15, 0.2) is 35.5 Å². The van der Waals surface area contributed by atoms with Gasteiger partial charge >= 0.3 is 5.97 Å². The Hall–Kier alpha value is -2.52. The summed E-state index contributed by atoms with van der Waals surface area (Å²) in [5.41, 5.74) is 3.26. The molecule has 0 spiro atoms. The number of anilines is 2. The van der Waals surface area contributed by atoms with E-state index in [-0.39, 0.29) is 5.97 Å². The molecule has 3 aromatic rings. The molecule has 7 nitrogen and oxygen atoms in total. The number of nitrogens with one attached hydrogen (secondary N) is 1. The Bertz CT molecular complexity index is 908. The van der Waals surface area contributed by atoms with Crippen molar-refractivity contribution in [1.82, 2.24) is 20.2 Å². The normalized spacial score (nSPS) is 10.6. The van der Waals surface area contributed by atoms with Gasteiger partial charge in [0.15, 0.2) is 5.16 Å². The monoisotopic (exact) mass is 401 g/mol. The van der Waals surface area contributed by atoms with Gasteiger partial charge in [0.2, 0.25) is 5.13 Å². The number of hydrogen-bond donors (Lipinski definition) is 1. The van der Waals surface area contributed by atoms with Gasteiger partial charge in [-0.25, -0.2) is 14.8 Å². The first-order chi connectivity index (χ1) is 13.0. The SMILES string of the molecule is CCOC(=O)c1ccc(Nc2nnc(CSc3nc(C)cc(C)n3)s2)cc1. The van der Waals surface area contributed by atoms with Gasteiger partial charge in [-0.15, -0.1) is 10.2 Å². The van der Waals surface area contributed by atoms with Crippen molar-refractivity contribution in [2.45, 2.75) is 31.7 Å². The zero-order valence-corrected chi connectivity index (χ0v) is 16.9. The molecule has 0 aliphatic heterocycles. The molecule has 1 aromatic carbocycles. The van der Waals surface area contributed by atoms with Crippen molar-refractivity contribution in [3.05, 3.63) is 52.3 Å². The Balaban J connectivity index is 1.58. The lowest BCUT2D eigenvalue weighted by Crippen LogP contribution is -2.04. The summed E-state index contributed by atoms with van der Waals surface area (Å²) in [6, 6.07) is 9.01. The van der Waals surface area contributed by atoms with Crippen LogP contribution in [0.4, 0.5) is 10.8 Å². The third-order valence-electron chi connectivity index (χ3n) is 3.40. The summed E-state index contributed by atoms with van der Waals surface area (Å²) >= 11 is 3.01. The maximum absolute atomic E-state index is 11.7. The summed E-state index contributed by atoms with van der Waals surface area (Å²) in [5.74, 6) is 0.331. The molecular weight excluding hydrogens is 382 g/mol. The number of hydrogen-bond acceptors (Lipinski definition) is 9. The molecule has 0 aliphatic carbocycles. The van der Waals surface area contributed by atoms with E-state index in [4.69, 9.17) is 4.74 Å². The number of carbonyl (C=O) groups excluding carboxylic acids is 1. The van der Waals surface area contributed by atoms with Crippen LogP contribution in [0.2, 0.25) is 0 Å². The molecule has 0 atom stereocenters. The minimum Gasteiger partial charge on any atom is -0.462 e. The van der Waals surface area contributed by atoms with Gasteiger partial charge in [-0.05, 0) is 51.1 Å². The highest BCUT2D eigenvalue weighted by Crippen LogP contribution is 2.26. The third kappa shape index (κ3) is 5.48. The first-order valence-electron chi connectivity index (χ1n) is 8.35. The van der Waals surface area contributed by atoms with Crippen molar-refractivity contribution in [1.29, 1.82) is 0 Å². The second kappa shape index (κ2) is 8.92. The molecule has 0 amide bonds. The van der Waals surface area contributed by atoms with Crippen molar-refractivity contribution in [2.24, 2.45) is 0 Å². The van der Waals surface area contributed by atoms with Crippen molar-refractivity contribution in [3.8, 4) is 0 Å². The van der Waals surface area contributed by atoms with Crippen LogP contribution in [0.25, 0.3) is 0 Å². The number of benzene rings is 1. The first kappa shape index (κ1) is 19.2. The van der Waals surface area contributed by atoms with Gasteiger partial charge in [-0.3, -0.25) is 0 Å². The highest BCUT2D eigenvalue weighted by molar-refractivity contribution is 7.98. The van der Waals surface area contributed by atoms with E-state index in [9.17, 15) is 4.79 Å². The molecule has 0 aliphatic rings. The summed E-state index contributed by atoms with van der Waals surface area (Å²) in [4.78, 5) is 20.5. The Morgan fingerprint density at radius 2 is 1.85 bits per heavy atom. The number of thioether (sulfide) groups is 1. The second-order valence-electron chi connectivity index (χ2n) is 5.65. The van der Waals surface area contributed by atoms with Crippen molar-refractivity contribution in [3.63, 3.8) is 0 Å². The minimum atomic E-state index is -0.326. The molecule has 0 saturated carbocycles. The fraction of sp³-hybridized carbons (Fsp3) is 0.278. The van der Waals surface area contributed by atoms with E-state index in [0.29, 0.717) is 23.1 Å². The molecule has 2 heterocycles. The van der Waals surface area contributed by atoms with E-state index in [1.807, 2.05) is 32.0 Å². The number of esters is 1. The van der Waals surface area contributed by atoms with Gasteiger partial charge in [-0.1, -0.05) is 23.1 Å². The summed E-state index contributed by atoms with van der Waals surface area (Å²) in [6.07, 6.45) is 0. The lowest BCUT2D eigenvalue weighted by molar-refractivity contribution is 0.0526. The third-order valence-corrected chi connectivity index (χ3v) is 5.28. The predicted molar refractivity (Wildman–Crippen MR) is 107 cm³/mol. The summed E-state index contributed by atoms with van der Waals surface area (Å²) in [5, 5.41) is 13.9. The van der Waals surface area contributed by atoms with Gasteiger partial charge in [-0.2, -0.15) is 0 Å². The number of carbonyl (C=O) groups is 1. The van der Waals surface area contributed by atoms with Crippen molar-refractivity contribution >= 4 is 39.9 Å². The number of aromatic nitrogens is 4. The zero-order chi connectivity index (χ0) is 19.2. The summed E-state index contributed by atoms with van der Waals surface area (Å²) < 4.78 is 4.98. The molecule has 1 N–H and O–H groups in total. The van der Waals surface area contributed by atoms with Crippen LogP contribution in [-0.2, 0) is 10.5 Å². The number of rotatable bonds is 7.